The average molecular weight is 305 g/mol. The molecule has 6 nitrogen and oxygen atoms in total. The zero-order valence-corrected chi connectivity index (χ0v) is 12.2. The lowest BCUT2D eigenvalue weighted by Crippen LogP contribution is -2.44. The fourth-order valence-corrected chi connectivity index (χ4v) is 2.47. The molecule has 1 aliphatic heterocycles. The van der Waals surface area contributed by atoms with Crippen LogP contribution in [-0.4, -0.2) is 40.7 Å². The highest BCUT2D eigenvalue weighted by Gasteiger charge is 2.32. The number of carbonyl (C=O) groups excluding carboxylic acids is 1. The van der Waals surface area contributed by atoms with Crippen molar-refractivity contribution in [3.05, 3.63) is 47.4 Å². The molecule has 1 aliphatic rings. The van der Waals surface area contributed by atoms with Gasteiger partial charge in [0.2, 0.25) is 11.8 Å². The van der Waals surface area contributed by atoms with E-state index >= 15 is 0 Å². The van der Waals surface area contributed by atoms with Gasteiger partial charge in [0, 0.05) is 13.5 Å². The molecule has 1 fully saturated rings. The van der Waals surface area contributed by atoms with Crippen molar-refractivity contribution in [2.45, 2.75) is 19.4 Å². The molecule has 116 valence electrons. The minimum atomic E-state index is -0.398. The Morgan fingerprint density at radius 3 is 3.00 bits per heavy atom. The molecule has 7 heteroatoms. The summed E-state index contributed by atoms with van der Waals surface area (Å²) in [6.45, 7) is 2.86. The van der Waals surface area contributed by atoms with Gasteiger partial charge in [-0.15, -0.1) is 0 Å². The van der Waals surface area contributed by atoms with Crippen LogP contribution in [0.5, 0.6) is 0 Å². The van der Waals surface area contributed by atoms with E-state index in [1.807, 2.05) is 0 Å². The highest BCUT2D eigenvalue weighted by molar-refractivity contribution is 5.79. The third-order valence-electron chi connectivity index (χ3n) is 3.59. The standard InChI is InChI=1S/C15H16FN3O3/c1-10-17-15(18-22-10)13-9-21-7-6-19(13)14(20)8-11-4-2-3-5-12(11)16/h2-5,13H,6-9H2,1H3. The van der Waals surface area contributed by atoms with Gasteiger partial charge in [-0.05, 0) is 11.6 Å². The van der Waals surface area contributed by atoms with Crippen LogP contribution in [0.4, 0.5) is 4.39 Å². The topological polar surface area (TPSA) is 68.5 Å². The Hall–Kier alpha value is -2.28. The molecule has 0 radical (unpaired) electrons. The van der Waals surface area contributed by atoms with Crippen LogP contribution in [0.1, 0.15) is 23.3 Å². The van der Waals surface area contributed by atoms with Gasteiger partial charge >= 0.3 is 0 Å². The Kier molecular flexibility index (Phi) is 4.15. The zero-order chi connectivity index (χ0) is 15.5. The summed E-state index contributed by atoms with van der Waals surface area (Å²) in [7, 11) is 0. The van der Waals surface area contributed by atoms with Crippen molar-refractivity contribution in [1.29, 1.82) is 0 Å². The number of ether oxygens (including phenoxy) is 1. The number of hydrogen-bond acceptors (Lipinski definition) is 5. The number of morpholine rings is 1. The maximum Gasteiger partial charge on any atom is 0.227 e. The number of halogens is 1. The van der Waals surface area contributed by atoms with Gasteiger partial charge in [-0.2, -0.15) is 4.98 Å². The van der Waals surface area contributed by atoms with Crippen molar-refractivity contribution >= 4 is 5.91 Å². The maximum absolute atomic E-state index is 13.7. The molecule has 0 aliphatic carbocycles. The van der Waals surface area contributed by atoms with Crippen LogP contribution in [0.15, 0.2) is 28.8 Å². The number of nitrogens with zero attached hydrogens (tertiary/aromatic N) is 3. The predicted molar refractivity (Wildman–Crippen MR) is 74.4 cm³/mol. The van der Waals surface area contributed by atoms with Crippen LogP contribution in [0.25, 0.3) is 0 Å². The van der Waals surface area contributed by atoms with Crippen LogP contribution >= 0.6 is 0 Å². The molecule has 0 N–H and O–H groups in total. The molecule has 2 heterocycles. The van der Waals surface area contributed by atoms with Crippen LogP contribution in [-0.2, 0) is 16.0 Å². The Morgan fingerprint density at radius 2 is 2.27 bits per heavy atom. The lowest BCUT2D eigenvalue weighted by molar-refractivity contribution is -0.139. The first-order valence-corrected chi connectivity index (χ1v) is 7.06. The lowest BCUT2D eigenvalue weighted by Gasteiger charge is -2.33. The van der Waals surface area contributed by atoms with E-state index in [1.54, 1.807) is 30.0 Å². The van der Waals surface area contributed by atoms with Gasteiger partial charge in [0.25, 0.3) is 0 Å². The van der Waals surface area contributed by atoms with Crippen molar-refractivity contribution in [2.24, 2.45) is 0 Å². The number of benzene rings is 1. The molecule has 1 saturated heterocycles. The van der Waals surface area contributed by atoms with Crippen molar-refractivity contribution in [2.75, 3.05) is 19.8 Å². The van der Waals surface area contributed by atoms with E-state index < -0.39 is 6.04 Å². The SMILES string of the molecule is Cc1nc(C2COCCN2C(=O)Cc2ccccc2F)no1. The molecular weight excluding hydrogens is 289 g/mol. The molecular formula is C15H16FN3O3. The van der Waals surface area contributed by atoms with E-state index in [1.165, 1.54) is 6.07 Å². The molecule has 2 aromatic rings. The van der Waals surface area contributed by atoms with Gasteiger partial charge in [0.15, 0.2) is 5.82 Å². The third kappa shape index (κ3) is 2.99. The minimum Gasteiger partial charge on any atom is -0.377 e. The quantitative estimate of drug-likeness (QED) is 0.862. The summed E-state index contributed by atoms with van der Waals surface area (Å²) in [6, 6.07) is 5.88. The van der Waals surface area contributed by atoms with Crippen molar-refractivity contribution in [3.63, 3.8) is 0 Å². The summed E-state index contributed by atoms with van der Waals surface area (Å²) >= 11 is 0. The fourth-order valence-electron chi connectivity index (χ4n) is 2.47. The average Bonchev–Trinajstić information content (AvgIpc) is 2.96. The first-order valence-electron chi connectivity index (χ1n) is 7.06. The van der Waals surface area contributed by atoms with Crippen LogP contribution in [0.3, 0.4) is 0 Å². The number of amides is 1. The molecule has 0 saturated carbocycles. The van der Waals surface area contributed by atoms with Crippen molar-refractivity contribution < 1.29 is 18.4 Å². The predicted octanol–water partition coefficient (Wildman–Crippen LogP) is 1.66. The van der Waals surface area contributed by atoms with Crippen molar-refractivity contribution in [1.82, 2.24) is 15.0 Å². The van der Waals surface area contributed by atoms with Gasteiger partial charge in [-0.25, -0.2) is 4.39 Å². The largest absolute Gasteiger partial charge is 0.377 e. The number of hydrogen-bond donors (Lipinski definition) is 0. The second-order valence-electron chi connectivity index (χ2n) is 5.12. The maximum atomic E-state index is 13.7. The van der Waals surface area contributed by atoms with Gasteiger partial charge in [-0.1, -0.05) is 23.4 Å². The normalized spacial score (nSPS) is 18.5. The van der Waals surface area contributed by atoms with E-state index in [-0.39, 0.29) is 18.1 Å². The Labute approximate surface area is 126 Å². The summed E-state index contributed by atoms with van der Waals surface area (Å²) in [5.41, 5.74) is 0.377. The van der Waals surface area contributed by atoms with Crippen LogP contribution in [0.2, 0.25) is 0 Å². The highest BCUT2D eigenvalue weighted by atomic mass is 19.1. The molecule has 22 heavy (non-hydrogen) atoms. The molecule has 1 amide bonds. The number of aromatic nitrogens is 2. The molecule has 1 aromatic heterocycles. The first-order chi connectivity index (χ1) is 10.6. The summed E-state index contributed by atoms with van der Waals surface area (Å²) in [5.74, 6) is 0.290. The first kappa shape index (κ1) is 14.6. The number of aryl methyl sites for hydroxylation is 1. The molecule has 0 bridgehead atoms. The van der Waals surface area contributed by atoms with Gasteiger partial charge in [0.1, 0.15) is 11.9 Å². The summed E-state index contributed by atoms with van der Waals surface area (Å²) < 4.78 is 24.1. The fraction of sp³-hybridized carbons (Fsp3) is 0.400. The summed E-state index contributed by atoms with van der Waals surface area (Å²) in [4.78, 5) is 18.3. The number of rotatable bonds is 3. The second kappa shape index (κ2) is 6.23. The minimum absolute atomic E-state index is 0.00000685. The van der Waals surface area contributed by atoms with Gasteiger partial charge in [-0.3, -0.25) is 4.79 Å². The Bertz CT molecular complexity index is 674. The van der Waals surface area contributed by atoms with E-state index in [2.05, 4.69) is 10.1 Å². The van der Waals surface area contributed by atoms with E-state index in [0.717, 1.165) is 0 Å². The Morgan fingerprint density at radius 1 is 1.45 bits per heavy atom. The smallest absolute Gasteiger partial charge is 0.227 e. The van der Waals surface area contributed by atoms with E-state index in [0.29, 0.717) is 37.0 Å². The molecule has 1 atom stereocenters. The molecule has 3 rings (SSSR count). The van der Waals surface area contributed by atoms with E-state index in [9.17, 15) is 9.18 Å². The summed E-state index contributed by atoms with van der Waals surface area (Å²) in [5, 5.41) is 3.86. The second-order valence-corrected chi connectivity index (χ2v) is 5.12. The molecule has 1 unspecified atom stereocenters. The van der Waals surface area contributed by atoms with Gasteiger partial charge in [0.05, 0.1) is 19.6 Å². The highest BCUT2D eigenvalue weighted by Crippen LogP contribution is 2.23. The van der Waals surface area contributed by atoms with E-state index in [4.69, 9.17) is 9.26 Å². The van der Waals surface area contributed by atoms with Crippen molar-refractivity contribution in [3.8, 4) is 0 Å². The monoisotopic (exact) mass is 305 g/mol. The number of carbonyl (C=O) groups is 1. The third-order valence-corrected chi connectivity index (χ3v) is 3.59. The van der Waals surface area contributed by atoms with Crippen LogP contribution < -0.4 is 0 Å². The molecule has 1 aromatic carbocycles. The Balaban J connectivity index is 1.78. The van der Waals surface area contributed by atoms with Crippen LogP contribution in [0, 0.1) is 12.7 Å². The van der Waals surface area contributed by atoms with Gasteiger partial charge < -0.3 is 14.2 Å². The molecule has 0 spiro atoms. The lowest BCUT2D eigenvalue weighted by atomic mass is 10.1. The summed E-state index contributed by atoms with van der Waals surface area (Å²) in [6.07, 6.45) is 0.00000685. The zero-order valence-electron chi connectivity index (χ0n) is 12.2.